The van der Waals surface area contributed by atoms with Crippen LogP contribution in [0.2, 0.25) is 0 Å². The van der Waals surface area contributed by atoms with Crippen molar-refractivity contribution >= 4 is 0 Å². The minimum Gasteiger partial charge on any atom is -0.359 e. The molecule has 0 radical (unpaired) electrons. The first kappa shape index (κ1) is 10.0. The first-order valence-electron chi connectivity index (χ1n) is 4.93. The Morgan fingerprint density at radius 1 is 1.25 bits per heavy atom. The molecule has 1 fully saturated rings. The van der Waals surface area contributed by atoms with Gasteiger partial charge in [-0.05, 0) is 26.7 Å². The lowest BCUT2D eigenvalue weighted by Crippen LogP contribution is -2.39. The van der Waals surface area contributed by atoms with E-state index in [4.69, 9.17) is 4.74 Å². The van der Waals surface area contributed by atoms with E-state index in [1.165, 1.54) is 0 Å². The van der Waals surface area contributed by atoms with Crippen LogP contribution < -0.4 is 0 Å². The number of hydrogen-bond acceptors (Lipinski definition) is 2. The quantitative estimate of drug-likeness (QED) is 0.631. The fourth-order valence-corrected chi connectivity index (χ4v) is 1.80. The average Bonchev–Trinajstić information content (AvgIpc) is 2.31. The van der Waals surface area contributed by atoms with Gasteiger partial charge >= 0.3 is 0 Å². The second kappa shape index (κ2) is 3.75. The standard InChI is InChI=1S/C10H21NO/c1-7(2)10-11(8(3)4)6-9(5)12-10/h7-10H,6H2,1-5H3/t9-,10?/m1/s1. The van der Waals surface area contributed by atoms with Crippen molar-refractivity contribution in [2.24, 2.45) is 5.92 Å². The van der Waals surface area contributed by atoms with Crippen molar-refractivity contribution in [3.05, 3.63) is 0 Å². The van der Waals surface area contributed by atoms with Crippen LogP contribution in [0.3, 0.4) is 0 Å². The highest BCUT2D eigenvalue weighted by Crippen LogP contribution is 2.23. The molecule has 2 nitrogen and oxygen atoms in total. The molecule has 0 aromatic heterocycles. The first-order chi connectivity index (χ1) is 5.52. The van der Waals surface area contributed by atoms with Crippen LogP contribution in [0.15, 0.2) is 0 Å². The highest BCUT2D eigenvalue weighted by molar-refractivity contribution is 4.79. The summed E-state index contributed by atoms with van der Waals surface area (Å²) in [6, 6.07) is 0.599. The van der Waals surface area contributed by atoms with Crippen molar-refractivity contribution in [2.45, 2.75) is 53.0 Å². The molecule has 1 heterocycles. The van der Waals surface area contributed by atoms with E-state index in [0.717, 1.165) is 6.54 Å². The minimum atomic E-state index is 0.333. The van der Waals surface area contributed by atoms with E-state index in [-0.39, 0.29) is 0 Å². The van der Waals surface area contributed by atoms with Gasteiger partial charge in [-0.1, -0.05) is 13.8 Å². The van der Waals surface area contributed by atoms with Crippen LogP contribution in [0.4, 0.5) is 0 Å². The molecule has 0 bridgehead atoms. The zero-order chi connectivity index (χ0) is 9.30. The van der Waals surface area contributed by atoms with Gasteiger partial charge in [-0.3, -0.25) is 4.90 Å². The van der Waals surface area contributed by atoms with E-state index in [1.54, 1.807) is 0 Å². The smallest absolute Gasteiger partial charge is 0.113 e. The van der Waals surface area contributed by atoms with Crippen LogP contribution in [0.1, 0.15) is 34.6 Å². The number of rotatable bonds is 2. The largest absolute Gasteiger partial charge is 0.359 e. The fourth-order valence-electron chi connectivity index (χ4n) is 1.80. The van der Waals surface area contributed by atoms with Crippen molar-refractivity contribution in [1.82, 2.24) is 4.90 Å². The summed E-state index contributed by atoms with van der Waals surface area (Å²) in [5.74, 6) is 0.595. The highest BCUT2D eigenvalue weighted by atomic mass is 16.5. The molecule has 1 aliphatic rings. The Morgan fingerprint density at radius 3 is 2.17 bits per heavy atom. The molecule has 2 heteroatoms. The summed E-state index contributed by atoms with van der Waals surface area (Å²) in [6.45, 7) is 12.1. The molecule has 0 aliphatic carbocycles. The summed E-state index contributed by atoms with van der Waals surface area (Å²) >= 11 is 0. The van der Waals surface area contributed by atoms with Gasteiger partial charge in [0, 0.05) is 12.6 Å². The molecule has 0 spiro atoms. The maximum atomic E-state index is 5.82. The first-order valence-corrected chi connectivity index (χ1v) is 4.93. The van der Waals surface area contributed by atoms with E-state index in [1.807, 2.05) is 0 Å². The van der Waals surface area contributed by atoms with E-state index in [2.05, 4.69) is 39.5 Å². The Labute approximate surface area is 75.9 Å². The molecular weight excluding hydrogens is 150 g/mol. The van der Waals surface area contributed by atoms with Gasteiger partial charge in [0.2, 0.25) is 0 Å². The molecule has 12 heavy (non-hydrogen) atoms. The van der Waals surface area contributed by atoms with Gasteiger partial charge in [-0.2, -0.15) is 0 Å². The predicted molar refractivity (Wildman–Crippen MR) is 51.0 cm³/mol. The SMILES string of the molecule is CC(C)C1O[C@H](C)CN1C(C)C. The second-order valence-corrected chi connectivity index (χ2v) is 4.37. The van der Waals surface area contributed by atoms with Crippen molar-refractivity contribution in [1.29, 1.82) is 0 Å². The summed E-state index contributed by atoms with van der Waals surface area (Å²) in [5, 5.41) is 0. The summed E-state index contributed by atoms with van der Waals surface area (Å²) in [4.78, 5) is 2.44. The summed E-state index contributed by atoms with van der Waals surface area (Å²) in [6.07, 6.45) is 0.736. The van der Waals surface area contributed by atoms with E-state index >= 15 is 0 Å². The molecule has 0 saturated carbocycles. The van der Waals surface area contributed by atoms with Crippen LogP contribution >= 0.6 is 0 Å². The van der Waals surface area contributed by atoms with Gasteiger partial charge in [-0.25, -0.2) is 0 Å². The fraction of sp³-hybridized carbons (Fsp3) is 1.00. The van der Waals surface area contributed by atoms with Crippen LogP contribution in [0.5, 0.6) is 0 Å². The summed E-state index contributed by atoms with van der Waals surface area (Å²) in [7, 11) is 0. The lowest BCUT2D eigenvalue weighted by atomic mass is 10.1. The third-order valence-electron chi connectivity index (χ3n) is 2.40. The number of hydrogen-bond donors (Lipinski definition) is 0. The van der Waals surface area contributed by atoms with E-state index in [9.17, 15) is 0 Å². The van der Waals surface area contributed by atoms with Gasteiger partial charge in [0.1, 0.15) is 6.23 Å². The molecular formula is C10H21NO. The highest BCUT2D eigenvalue weighted by Gasteiger charge is 2.33. The average molecular weight is 171 g/mol. The van der Waals surface area contributed by atoms with Crippen molar-refractivity contribution in [3.8, 4) is 0 Å². The maximum Gasteiger partial charge on any atom is 0.113 e. The van der Waals surface area contributed by atoms with Crippen molar-refractivity contribution < 1.29 is 4.74 Å². The molecule has 72 valence electrons. The van der Waals surface area contributed by atoms with Crippen LogP contribution in [0.25, 0.3) is 0 Å². The summed E-state index contributed by atoms with van der Waals surface area (Å²) in [5.41, 5.74) is 0. The Morgan fingerprint density at radius 2 is 1.83 bits per heavy atom. The third-order valence-corrected chi connectivity index (χ3v) is 2.40. The topological polar surface area (TPSA) is 12.5 Å². The van der Waals surface area contributed by atoms with Gasteiger partial charge in [0.25, 0.3) is 0 Å². The molecule has 0 aromatic rings. The van der Waals surface area contributed by atoms with Gasteiger partial charge in [0.05, 0.1) is 6.10 Å². The monoisotopic (exact) mass is 171 g/mol. The van der Waals surface area contributed by atoms with Crippen molar-refractivity contribution in [3.63, 3.8) is 0 Å². The molecule has 1 unspecified atom stereocenters. The molecule has 2 atom stereocenters. The van der Waals surface area contributed by atoms with Gasteiger partial charge < -0.3 is 4.74 Å². The van der Waals surface area contributed by atoms with Crippen LogP contribution in [-0.4, -0.2) is 29.8 Å². The molecule has 0 N–H and O–H groups in total. The molecule has 1 aliphatic heterocycles. The molecule has 0 amide bonds. The maximum absolute atomic E-state index is 5.82. The van der Waals surface area contributed by atoms with Gasteiger partial charge in [-0.15, -0.1) is 0 Å². The molecule has 1 saturated heterocycles. The predicted octanol–water partition coefficient (Wildman–Crippen LogP) is 2.10. The second-order valence-electron chi connectivity index (χ2n) is 4.37. The lowest BCUT2D eigenvalue weighted by molar-refractivity contribution is -0.0347. The zero-order valence-electron chi connectivity index (χ0n) is 8.87. The number of nitrogens with zero attached hydrogens (tertiary/aromatic N) is 1. The third kappa shape index (κ3) is 1.99. The van der Waals surface area contributed by atoms with E-state index < -0.39 is 0 Å². The summed E-state index contributed by atoms with van der Waals surface area (Å²) < 4.78 is 5.82. The number of ether oxygens (including phenoxy) is 1. The van der Waals surface area contributed by atoms with E-state index in [0.29, 0.717) is 24.3 Å². The molecule has 1 rings (SSSR count). The Bertz CT molecular complexity index is 129. The zero-order valence-corrected chi connectivity index (χ0v) is 8.87. The van der Waals surface area contributed by atoms with Crippen LogP contribution in [0, 0.1) is 5.92 Å². The Hall–Kier alpha value is -0.0800. The van der Waals surface area contributed by atoms with Crippen LogP contribution in [-0.2, 0) is 4.74 Å². The lowest BCUT2D eigenvalue weighted by Gasteiger charge is -2.28. The Balaban J connectivity index is 2.59. The van der Waals surface area contributed by atoms with Crippen molar-refractivity contribution in [2.75, 3.05) is 6.54 Å². The normalized spacial score (nSPS) is 32.2. The Kier molecular flexibility index (Phi) is 3.13. The molecule has 0 aromatic carbocycles. The van der Waals surface area contributed by atoms with Gasteiger partial charge in [0.15, 0.2) is 0 Å². The minimum absolute atomic E-state index is 0.333.